The Kier molecular flexibility index (Phi) is 6.00. The summed E-state index contributed by atoms with van der Waals surface area (Å²) in [4.78, 5) is 45.9. The second-order valence-corrected chi connectivity index (χ2v) is 5.51. The topological polar surface area (TPSA) is 153 Å². The smallest absolute Gasteiger partial charge is 0.326 e. The molecule has 1 atom stereocenters. The van der Waals surface area contributed by atoms with E-state index in [-0.39, 0.29) is 18.2 Å². The van der Waals surface area contributed by atoms with Gasteiger partial charge in [-0.3, -0.25) is 30.4 Å². The molecule has 1 aliphatic heterocycles. The summed E-state index contributed by atoms with van der Waals surface area (Å²) in [6, 6.07) is 7.61. The molecule has 5 amide bonds. The molecule has 1 unspecified atom stereocenters. The van der Waals surface area contributed by atoms with Crippen LogP contribution in [-0.4, -0.2) is 29.5 Å². The lowest BCUT2D eigenvalue weighted by atomic mass is 10.1. The third kappa shape index (κ3) is 5.13. The van der Waals surface area contributed by atoms with Gasteiger partial charge in [0.2, 0.25) is 11.6 Å². The predicted molar refractivity (Wildman–Crippen MR) is 91.8 cm³/mol. The molecule has 4 N–H and O–H groups in total. The number of benzene rings is 1. The fourth-order valence-electron chi connectivity index (χ4n) is 1.98. The van der Waals surface area contributed by atoms with Gasteiger partial charge >= 0.3 is 6.03 Å². The molecule has 0 aromatic heterocycles. The first-order valence-electron chi connectivity index (χ1n) is 7.69. The third-order valence-corrected chi connectivity index (χ3v) is 3.35. The van der Waals surface area contributed by atoms with Crippen LogP contribution in [0.1, 0.15) is 19.8 Å². The lowest BCUT2D eigenvalue weighted by Crippen LogP contribution is -2.56. The molecular formula is C16H16N6O4. The lowest BCUT2D eigenvalue weighted by Gasteiger charge is -2.13. The van der Waals surface area contributed by atoms with E-state index in [1.807, 2.05) is 10.6 Å². The molecule has 134 valence electrons. The Morgan fingerprint density at radius 3 is 2.54 bits per heavy atom. The van der Waals surface area contributed by atoms with Gasteiger partial charge in [0.15, 0.2) is 0 Å². The average Bonchev–Trinajstić information content (AvgIpc) is 2.59. The van der Waals surface area contributed by atoms with E-state index in [4.69, 9.17) is 5.26 Å². The van der Waals surface area contributed by atoms with Gasteiger partial charge in [-0.25, -0.2) is 4.79 Å². The zero-order chi connectivity index (χ0) is 19.1. The molecule has 1 fully saturated rings. The number of barbiturate groups is 1. The molecule has 0 aliphatic carbocycles. The van der Waals surface area contributed by atoms with E-state index < -0.39 is 23.6 Å². The molecule has 10 nitrogen and oxygen atoms in total. The minimum atomic E-state index is -0.915. The number of hydrogen-bond acceptors (Lipinski definition) is 7. The van der Waals surface area contributed by atoms with Gasteiger partial charge in [0.05, 0.1) is 11.8 Å². The summed E-state index contributed by atoms with van der Waals surface area (Å²) in [5.74, 6) is -2.27. The SMILES string of the molecule is CC(C#N)CCC(=O)Nc1cccc(NN=C2C(=O)NC(=O)NC2=O)c1. The fraction of sp³-hybridized carbons (Fsp3) is 0.250. The van der Waals surface area contributed by atoms with E-state index in [1.54, 1.807) is 31.2 Å². The average molecular weight is 356 g/mol. The van der Waals surface area contributed by atoms with Crippen LogP contribution in [0.2, 0.25) is 0 Å². The number of hydrogen-bond donors (Lipinski definition) is 4. The summed E-state index contributed by atoms with van der Waals surface area (Å²) in [5, 5.41) is 18.9. The van der Waals surface area contributed by atoms with Crippen molar-refractivity contribution < 1.29 is 19.2 Å². The van der Waals surface area contributed by atoms with Gasteiger partial charge in [-0.15, -0.1) is 0 Å². The highest BCUT2D eigenvalue weighted by Gasteiger charge is 2.29. The van der Waals surface area contributed by atoms with Crippen LogP contribution in [-0.2, 0) is 14.4 Å². The van der Waals surface area contributed by atoms with Gasteiger partial charge in [0.25, 0.3) is 11.8 Å². The molecule has 0 spiro atoms. The predicted octanol–water partition coefficient (Wildman–Crippen LogP) is 0.699. The standard InChI is InChI=1S/C16H16N6O4/c1-9(8-17)5-6-12(23)18-10-3-2-4-11(7-10)21-22-13-14(24)19-16(26)20-15(13)25/h2-4,7,9,21H,5-6H2,1H3,(H,18,23)(H2,19,20,24,25,26). The first-order valence-corrected chi connectivity index (χ1v) is 7.69. The molecule has 0 saturated carbocycles. The number of carbonyl (C=O) groups excluding carboxylic acids is 4. The second-order valence-electron chi connectivity index (χ2n) is 5.51. The highest BCUT2D eigenvalue weighted by atomic mass is 16.2. The van der Waals surface area contributed by atoms with Gasteiger partial charge in [-0.2, -0.15) is 10.4 Å². The van der Waals surface area contributed by atoms with Crippen LogP contribution in [0, 0.1) is 17.2 Å². The van der Waals surface area contributed by atoms with Crippen LogP contribution in [0.4, 0.5) is 16.2 Å². The number of amides is 5. The van der Waals surface area contributed by atoms with Crippen LogP contribution < -0.4 is 21.4 Å². The van der Waals surface area contributed by atoms with Gasteiger partial charge in [0.1, 0.15) is 0 Å². The summed E-state index contributed by atoms with van der Waals surface area (Å²) in [5.41, 5.74) is 2.93. The van der Waals surface area contributed by atoms with E-state index in [0.29, 0.717) is 17.8 Å². The summed E-state index contributed by atoms with van der Waals surface area (Å²) in [6.07, 6.45) is 0.667. The molecule has 1 saturated heterocycles. The largest absolute Gasteiger partial charge is 0.328 e. The number of rotatable bonds is 6. The van der Waals surface area contributed by atoms with E-state index in [1.165, 1.54) is 0 Å². The van der Waals surface area contributed by atoms with Crippen LogP contribution in [0.15, 0.2) is 29.4 Å². The Labute approximate surface area is 148 Å². The van der Waals surface area contributed by atoms with Crippen molar-refractivity contribution in [2.75, 3.05) is 10.7 Å². The monoisotopic (exact) mass is 356 g/mol. The van der Waals surface area contributed by atoms with Crippen molar-refractivity contribution in [3.8, 4) is 6.07 Å². The number of nitrogens with one attached hydrogen (secondary N) is 4. The van der Waals surface area contributed by atoms with Crippen molar-refractivity contribution in [3.63, 3.8) is 0 Å². The van der Waals surface area contributed by atoms with Crippen molar-refractivity contribution in [1.29, 1.82) is 5.26 Å². The fourth-order valence-corrected chi connectivity index (χ4v) is 1.98. The number of anilines is 2. The van der Waals surface area contributed by atoms with E-state index >= 15 is 0 Å². The normalized spacial score (nSPS) is 14.6. The first kappa shape index (κ1) is 18.6. The minimum Gasteiger partial charge on any atom is -0.326 e. The lowest BCUT2D eigenvalue weighted by molar-refractivity contribution is -0.119. The van der Waals surface area contributed by atoms with Crippen LogP contribution in [0.25, 0.3) is 0 Å². The number of nitriles is 1. The van der Waals surface area contributed by atoms with E-state index in [9.17, 15) is 19.2 Å². The number of imide groups is 2. The summed E-state index contributed by atoms with van der Waals surface area (Å²) < 4.78 is 0. The summed E-state index contributed by atoms with van der Waals surface area (Å²) in [7, 11) is 0. The van der Waals surface area contributed by atoms with E-state index in [0.717, 1.165) is 0 Å². The summed E-state index contributed by atoms with van der Waals surface area (Å²) in [6.45, 7) is 1.74. The number of nitrogens with zero attached hydrogens (tertiary/aromatic N) is 2. The zero-order valence-electron chi connectivity index (χ0n) is 13.8. The second kappa shape index (κ2) is 8.39. The number of hydrazone groups is 1. The Morgan fingerprint density at radius 1 is 1.23 bits per heavy atom. The maximum absolute atomic E-state index is 11.9. The zero-order valence-corrected chi connectivity index (χ0v) is 13.8. The Balaban J connectivity index is 1.99. The number of carbonyl (C=O) groups is 4. The van der Waals surface area contributed by atoms with E-state index in [2.05, 4.69) is 21.9 Å². The quantitative estimate of drug-likeness (QED) is 0.550. The van der Waals surface area contributed by atoms with Crippen LogP contribution in [0.3, 0.4) is 0 Å². The third-order valence-electron chi connectivity index (χ3n) is 3.35. The van der Waals surface area contributed by atoms with Gasteiger partial charge in [-0.1, -0.05) is 6.07 Å². The molecule has 26 heavy (non-hydrogen) atoms. The van der Waals surface area contributed by atoms with Crippen LogP contribution in [0.5, 0.6) is 0 Å². The first-order chi connectivity index (χ1) is 12.4. The molecule has 2 rings (SSSR count). The van der Waals surface area contributed by atoms with Crippen molar-refractivity contribution >= 4 is 40.8 Å². The molecule has 0 radical (unpaired) electrons. The van der Waals surface area contributed by atoms with Crippen molar-refractivity contribution in [2.24, 2.45) is 11.0 Å². The Morgan fingerprint density at radius 2 is 1.88 bits per heavy atom. The van der Waals surface area contributed by atoms with Crippen molar-refractivity contribution in [2.45, 2.75) is 19.8 Å². The van der Waals surface area contributed by atoms with Gasteiger partial charge in [0, 0.05) is 18.0 Å². The molecule has 1 aliphatic rings. The van der Waals surface area contributed by atoms with Crippen LogP contribution >= 0.6 is 0 Å². The molecule has 1 aromatic rings. The highest BCUT2D eigenvalue weighted by molar-refractivity contribution is 6.68. The summed E-state index contributed by atoms with van der Waals surface area (Å²) >= 11 is 0. The molecule has 1 heterocycles. The maximum atomic E-state index is 11.9. The Bertz CT molecular complexity index is 804. The van der Waals surface area contributed by atoms with Crippen molar-refractivity contribution in [1.82, 2.24) is 10.6 Å². The van der Waals surface area contributed by atoms with Gasteiger partial charge in [-0.05, 0) is 31.5 Å². The number of urea groups is 1. The minimum absolute atomic E-state index is 0.204. The highest BCUT2D eigenvalue weighted by Crippen LogP contribution is 2.16. The molecular weight excluding hydrogens is 340 g/mol. The Hall–Kier alpha value is -3.74. The molecule has 1 aromatic carbocycles. The van der Waals surface area contributed by atoms with Gasteiger partial charge < -0.3 is 5.32 Å². The molecule has 10 heteroatoms. The maximum Gasteiger partial charge on any atom is 0.328 e. The molecule has 0 bridgehead atoms. The van der Waals surface area contributed by atoms with Crippen molar-refractivity contribution in [3.05, 3.63) is 24.3 Å².